The number of aromatic nitrogens is 3. The van der Waals surface area contributed by atoms with E-state index in [0.29, 0.717) is 10.7 Å². The summed E-state index contributed by atoms with van der Waals surface area (Å²) in [7, 11) is 1.48. The second-order valence-corrected chi connectivity index (χ2v) is 5.72. The zero-order valence-corrected chi connectivity index (χ0v) is 13.3. The van der Waals surface area contributed by atoms with Gasteiger partial charge >= 0.3 is 0 Å². The summed E-state index contributed by atoms with van der Waals surface area (Å²) in [5, 5.41) is 16.2. The van der Waals surface area contributed by atoms with Gasteiger partial charge in [-0.1, -0.05) is 22.9 Å². The SMILES string of the molecule is Cc1nnc(-c2nccc(C(=O)N/C(=N/N)N(C)N)c2Cl)s1. The molecule has 0 saturated carbocycles. The van der Waals surface area contributed by atoms with Gasteiger partial charge in [0.05, 0.1) is 10.6 Å². The highest BCUT2D eigenvalue weighted by Crippen LogP contribution is 2.30. The monoisotopic (exact) mass is 340 g/mol. The van der Waals surface area contributed by atoms with Crippen LogP contribution >= 0.6 is 22.9 Å². The molecule has 9 nitrogen and oxygen atoms in total. The number of rotatable bonds is 2. The van der Waals surface area contributed by atoms with Crippen molar-refractivity contribution in [3.8, 4) is 10.7 Å². The van der Waals surface area contributed by atoms with Crippen LogP contribution in [0.2, 0.25) is 5.02 Å². The lowest BCUT2D eigenvalue weighted by Crippen LogP contribution is -2.46. The quantitative estimate of drug-likeness (QED) is 0.310. The number of hydrogen-bond acceptors (Lipinski definition) is 8. The topological polar surface area (TPSA) is 135 Å². The third-order valence-corrected chi connectivity index (χ3v) is 3.77. The van der Waals surface area contributed by atoms with Crippen LogP contribution < -0.4 is 17.0 Å². The molecule has 116 valence electrons. The van der Waals surface area contributed by atoms with Crippen LogP contribution in [0, 0.1) is 6.92 Å². The minimum Gasteiger partial charge on any atom is -0.320 e. The lowest BCUT2D eigenvalue weighted by Gasteiger charge is -2.15. The molecule has 0 aliphatic carbocycles. The number of hydrogen-bond donors (Lipinski definition) is 3. The zero-order valence-electron chi connectivity index (χ0n) is 11.7. The summed E-state index contributed by atoms with van der Waals surface area (Å²) in [4.78, 5) is 16.4. The van der Waals surface area contributed by atoms with Gasteiger partial charge in [0, 0.05) is 13.2 Å². The van der Waals surface area contributed by atoms with Crippen LogP contribution in [-0.4, -0.2) is 39.1 Å². The molecule has 0 fully saturated rings. The van der Waals surface area contributed by atoms with Gasteiger partial charge in [0.2, 0.25) is 5.96 Å². The van der Waals surface area contributed by atoms with Gasteiger partial charge in [0.25, 0.3) is 5.91 Å². The highest BCUT2D eigenvalue weighted by atomic mass is 35.5. The maximum Gasteiger partial charge on any atom is 0.259 e. The third-order valence-electron chi connectivity index (χ3n) is 2.54. The molecule has 2 heterocycles. The molecule has 0 bridgehead atoms. The van der Waals surface area contributed by atoms with E-state index in [1.54, 1.807) is 0 Å². The summed E-state index contributed by atoms with van der Waals surface area (Å²) in [5.74, 6) is 10.1. The van der Waals surface area contributed by atoms with Gasteiger partial charge in [0.15, 0.2) is 5.01 Å². The molecule has 1 amide bonds. The number of guanidine groups is 1. The number of pyridine rings is 1. The first kappa shape index (κ1) is 16.1. The van der Waals surface area contributed by atoms with Crippen LogP contribution in [0.5, 0.6) is 0 Å². The van der Waals surface area contributed by atoms with Crippen molar-refractivity contribution in [3.05, 3.63) is 27.9 Å². The van der Waals surface area contributed by atoms with E-state index in [1.807, 2.05) is 6.92 Å². The number of hydrazone groups is 1. The molecule has 0 saturated heterocycles. The molecule has 2 rings (SSSR count). The number of carbonyl (C=O) groups excluding carboxylic acids is 1. The van der Waals surface area contributed by atoms with Gasteiger partial charge in [-0.25, -0.2) is 5.84 Å². The largest absolute Gasteiger partial charge is 0.320 e. The van der Waals surface area contributed by atoms with Gasteiger partial charge < -0.3 is 5.84 Å². The fourth-order valence-corrected chi connectivity index (χ4v) is 2.58. The predicted octanol–water partition coefficient (Wildman–Crippen LogP) is 0.327. The van der Waals surface area contributed by atoms with Crippen molar-refractivity contribution < 1.29 is 4.79 Å². The van der Waals surface area contributed by atoms with Gasteiger partial charge in [-0.15, -0.1) is 15.3 Å². The Hall–Kier alpha value is -2.30. The predicted molar refractivity (Wildman–Crippen MR) is 83.9 cm³/mol. The summed E-state index contributed by atoms with van der Waals surface area (Å²) in [6.45, 7) is 1.81. The van der Waals surface area contributed by atoms with E-state index >= 15 is 0 Å². The number of halogens is 1. The lowest BCUT2D eigenvalue weighted by molar-refractivity contribution is 0.0972. The Labute approximate surface area is 135 Å². The molecule has 5 N–H and O–H groups in total. The molecule has 2 aromatic rings. The lowest BCUT2D eigenvalue weighted by atomic mass is 10.2. The summed E-state index contributed by atoms with van der Waals surface area (Å²) >= 11 is 7.58. The number of hydrazine groups is 1. The van der Waals surface area contributed by atoms with Crippen LogP contribution in [-0.2, 0) is 0 Å². The van der Waals surface area contributed by atoms with Gasteiger partial charge in [-0.05, 0) is 13.0 Å². The number of nitrogens with two attached hydrogens (primary N) is 2. The van der Waals surface area contributed by atoms with E-state index < -0.39 is 5.91 Å². The van der Waals surface area contributed by atoms with Crippen LogP contribution in [0.4, 0.5) is 0 Å². The maximum atomic E-state index is 12.3. The third kappa shape index (κ3) is 3.30. The standard InChI is InChI=1S/C11H13ClN8OS/c1-5-18-19-10(22-5)8-7(12)6(3-4-15-8)9(21)16-11(17-13)20(2)14/h3-4H,13-14H2,1-2H3,(H,16,17,21). The molecular formula is C11H13ClN8OS. The molecule has 0 unspecified atom stereocenters. The number of nitrogens with zero attached hydrogens (tertiary/aromatic N) is 5. The highest BCUT2D eigenvalue weighted by Gasteiger charge is 2.19. The van der Waals surface area contributed by atoms with E-state index in [1.165, 1.54) is 30.6 Å². The molecule has 0 aliphatic heterocycles. The van der Waals surface area contributed by atoms with Crippen molar-refractivity contribution in [3.63, 3.8) is 0 Å². The van der Waals surface area contributed by atoms with Crippen molar-refractivity contribution >= 4 is 34.8 Å². The van der Waals surface area contributed by atoms with Crippen LogP contribution in [0.1, 0.15) is 15.4 Å². The van der Waals surface area contributed by atoms with Crippen LogP contribution in [0.15, 0.2) is 17.4 Å². The first-order valence-corrected chi connectivity index (χ1v) is 7.16. The zero-order chi connectivity index (χ0) is 16.3. The smallest absolute Gasteiger partial charge is 0.259 e. The highest BCUT2D eigenvalue weighted by molar-refractivity contribution is 7.14. The van der Waals surface area contributed by atoms with Crippen molar-refractivity contribution in [2.45, 2.75) is 6.92 Å². The Morgan fingerprint density at radius 2 is 2.23 bits per heavy atom. The summed E-state index contributed by atoms with van der Waals surface area (Å²) in [5.41, 5.74) is 0.578. The fourth-order valence-electron chi connectivity index (χ4n) is 1.54. The van der Waals surface area contributed by atoms with Gasteiger partial charge in [0.1, 0.15) is 10.7 Å². The minimum absolute atomic E-state index is 0.00816. The van der Waals surface area contributed by atoms with E-state index in [-0.39, 0.29) is 16.5 Å². The molecule has 0 aromatic carbocycles. The minimum atomic E-state index is -0.517. The van der Waals surface area contributed by atoms with E-state index in [2.05, 4.69) is 25.6 Å². The maximum absolute atomic E-state index is 12.3. The second-order valence-electron chi connectivity index (χ2n) is 4.17. The normalized spacial score (nSPS) is 11.4. The first-order chi connectivity index (χ1) is 10.4. The van der Waals surface area contributed by atoms with E-state index in [4.69, 9.17) is 23.3 Å². The summed E-state index contributed by atoms with van der Waals surface area (Å²) < 4.78 is 0. The molecule has 0 aliphatic rings. The summed E-state index contributed by atoms with van der Waals surface area (Å²) in [6, 6.07) is 1.47. The fraction of sp³-hybridized carbons (Fsp3) is 0.182. The average Bonchev–Trinajstić information content (AvgIpc) is 2.90. The average molecular weight is 341 g/mol. The molecule has 11 heteroatoms. The van der Waals surface area contributed by atoms with Crippen molar-refractivity contribution in [1.29, 1.82) is 0 Å². The molecule has 0 spiro atoms. The molecule has 22 heavy (non-hydrogen) atoms. The first-order valence-electron chi connectivity index (χ1n) is 5.96. The van der Waals surface area contributed by atoms with E-state index in [9.17, 15) is 4.79 Å². The Bertz CT molecular complexity index is 729. The molecular weight excluding hydrogens is 328 g/mol. The Morgan fingerprint density at radius 1 is 1.50 bits per heavy atom. The van der Waals surface area contributed by atoms with Crippen molar-refractivity contribution in [1.82, 2.24) is 25.5 Å². The van der Waals surface area contributed by atoms with Crippen molar-refractivity contribution in [2.24, 2.45) is 16.8 Å². The number of nitrogens with one attached hydrogen (secondary N) is 1. The Morgan fingerprint density at radius 3 is 2.77 bits per heavy atom. The Balaban J connectivity index is 2.35. The molecule has 0 atom stereocenters. The Kier molecular flexibility index (Phi) is 4.85. The molecule has 0 radical (unpaired) electrons. The van der Waals surface area contributed by atoms with Gasteiger partial charge in [-0.3, -0.25) is 20.1 Å². The second kappa shape index (κ2) is 6.64. The van der Waals surface area contributed by atoms with Crippen LogP contribution in [0.3, 0.4) is 0 Å². The van der Waals surface area contributed by atoms with E-state index in [0.717, 1.165) is 10.0 Å². The molecule has 2 aromatic heterocycles. The number of amides is 1. The van der Waals surface area contributed by atoms with Crippen LogP contribution in [0.25, 0.3) is 10.7 Å². The number of aryl methyl sites for hydroxylation is 1. The number of carbonyl (C=O) groups is 1. The van der Waals surface area contributed by atoms with Crippen molar-refractivity contribution in [2.75, 3.05) is 7.05 Å². The summed E-state index contributed by atoms with van der Waals surface area (Å²) in [6.07, 6.45) is 1.46. The van der Waals surface area contributed by atoms with Gasteiger partial charge in [-0.2, -0.15) is 0 Å².